The summed E-state index contributed by atoms with van der Waals surface area (Å²) in [6.45, 7) is 9.46. The molecule has 13 aromatic rings. The summed E-state index contributed by atoms with van der Waals surface area (Å²) in [5.74, 6) is 0.627. The minimum atomic E-state index is -0.0825. The zero-order valence-electron chi connectivity index (χ0n) is 42.9. The molecule has 360 valence electrons. The quantitative estimate of drug-likeness (QED) is 0.159. The van der Waals surface area contributed by atoms with Gasteiger partial charge in [0.05, 0.1) is 11.0 Å². The zero-order valence-corrected chi connectivity index (χ0v) is 42.9. The summed E-state index contributed by atoms with van der Waals surface area (Å²) >= 11 is 0. The smallest absolute Gasteiger partial charge is 0.227 e. The molecule has 11 aromatic carbocycles. The van der Waals surface area contributed by atoms with Crippen LogP contribution in [0.5, 0.6) is 0 Å². The van der Waals surface area contributed by atoms with Crippen LogP contribution in [0.4, 0.5) is 0 Å². The standard InChI is InChI=1S/C73H52N2O/c1-72(2)63-21-11-9-19-57(63)59-37-31-50(43-65(59)72)48-33-39-68-61(41-48)62-42-49(51-32-38-60-58-20-10-12-22-64(58)73(3,4)66(60)44-51)34-40-69(62)75(68)52-35-29-46(30-36-52)54-16-6-8-18-56(54)55-17-7-5-15-53(55)45-25-27-47(28-26-45)71-74-67-23-13-14-24-70(67)76-71/h5-44H,1-4H3. The van der Waals surface area contributed by atoms with E-state index in [2.05, 4.69) is 251 Å². The van der Waals surface area contributed by atoms with E-state index in [9.17, 15) is 0 Å². The van der Waals surface area contributed by atoms with Gasteiger partial charge in [0.2, 0.25) is 5.89 Å². The van der Waals surface area contributed by atoms with Crippen LogP contribution in [0.2, 0.25) is 0 Å². The highest BCUT2D eigenvalue weighted by atomic mass is 16.3. The zero-order chi connectivity index (χ0) is 50.9. The fourth-order valence-corrected chi connectivity index (χ4v) is 12.9. The Hall–Kier alpha value is -9.31. The van der Waals surface area contributed by atoms with Crippen LogP contribution in [0.3, 0.4) is 0 Å². The van der Waals surface area contributed by atoms with E-state index in [1.807, 2.05) is 24.3 Å². The fourth-order valence-electron chi connectivity index (χ4n) is 12.9. The van der Waals surface area contributed by atoms with Crippen molar-refractivity contribution in [1.29, 1.82) is 0 Å². The molecule has 0 saturated heterocycles. The predicted molar refractivity (Wildman–Crippen MR) is 316 cm³/mol. The first-order chi connectivity index (χ1) is 37.2. The van der Waals surface area contributed by atoms with E-state index in [1.54, 1.807) is 0 Å². The molecule has 2 heterocycles. The summed E-state index contributed by atoms with van der Waals surface area (Å²) in [6.07, 6.45) is 0. The topological polar surface area (TPSA) is 31.0 Å². The molecule has 0 radical (unpaired) electrons. The number of aromatic nitrogens is 2. The van der Waals surface area contributed by atoms with Crippen molar-refractivity contribution >= 4 is 32.9 Å². The Balaban J connectivity index is 0.826. The average Bonchev–Trinajstić information content (AvgIpc) is 4.26. The average molecular weight is 973 g/mol. The molecular weight excluding hydrogens is 921 g/mol. The molecule has 15 rings (SSSR count). The van der Waals surface area contributed by atoms with Gasteiger partial charge < -0.3 is 8.98 Å². The van der Waals surface area contributed by atoms with E-state index < -0.39 is 0 Å². The number of fused-ring (bicyclic) bond motifs is 10. The molecule has 0 unspecified atom stereocenters. The monoisotopic (exact) mass is 972 g/mol. The minimum Gasteiger partial charge on any atom is -0.436 e. The van der Waals surface area contributed by atoms with Gasteiger partial charge in [-0.3, -0.25) is 0 Å². The molecule has 76 heavy (non-hydrogen) atoms. The third-order valence-corrected chi connectivity index (χ3v) is 16.9. The summed E-state index contributed by atoms with van der Waals surface area (Å²) in [7, 11) is 0. The Labute approximate surface area is 443 Å². The highest BCUT2D eigenvalue weighted by Gasteiger charge is 2.36. The van der Waals surface area contributed by atoms with Gasteiger partial charge in [0.1, 0.15) is 5.52 Å². The highest BCUT2D eigenvalue weighted by Crippen LogP contribution is 2.52. The summed E-state index contributed by atoms with van der Waals surface area (Å²) in [4.78, 5) is 4.75. The van der Waals surface area contributed by atoms with Crippen LogP contribution < -0.4 is 0 Å². The third kappa shape index (κ3) is 6.71. The highest BCUT2D eigenvalue weighted by molar-refractivity contribution is 6.12. The number of hydrogen-bond acceptors (Lipinski definition) is 2. The van der Waals surface area contributed by atoms with Gasteiger partial charge >= 0.3 is 0 Å². The van der Waals surface area contributed by atoms with Crippen LogP contribution in [0, 0.1) is 0 Å². The van der Waals surface area contributed by atoms with Crippen LogP contribution >= 0.6 is 0 Å². The van der Waals surface area contributed by atoms with E-state index in [0.29, 0.717) is 5.89 Å². The van der Waals surface area contributed by atoms with Crippen molar-refractivity contribution < 1.29 is 4.42 Å². The Morgan fingerprint density at radius 3 is 1.21 bits per heavy atom. The van der Waals surface area contributed by atoms with Crippen LogP contribution in [0.1, 0.15) is 49.9 Å². The molecule has 0 saturated carbocycles. The van der Waals surface area contributed by atoms with Crippen LogP contribution in [-0.2, 0) is 10.8 Å². The summed E-state index contributed by atoms with van der Waals surface area (Å²) in [5, 5.41) is 2.47. The summed E-state index contributed by atoms with van der Waals surface area (Å²) < 4.78 is 8.57. The molecule has 2 aliphatic rings. The second-order valence-corrected chi connectivity index (χ2v) is 21.9. The first-order valence-corrected chi connectivity index (χ1v) is 26.5. The van der Waals surface area contributed by atoms with Crippen molar-refractivity contribution in [3.05, 3.63) is 265 Å². The molecule has 0 fully saturated rings. The van der Waals surface area contributed by atoms with Crippen molar-refractivity contribution in [2.45, 2.75) is 38.5 Å². The lowest BCUT2D eigenvalue weighted by Crippen LogP contribution is -2.14. The third-order valence-electron chi connectivity index (χ3n) is 16.9. The van der Waals surface area contributed by atoms with Gasteiger partial charge in [-0.15, -0.1) is 0 Å². The molecule has 2 aromatic heterocycles. The molecule has 0 aliphatic heterocycles. The molecule has 0 N–H and O–H groups in total. The van der Waals surface area contributed by atoms with Gasteiger partial charge in [0, 0.05) is 32.9 Å². The molecule has 3 heteroatoms. The summed E-state index contributed by atoms with van der Waals surface area (Å²) in [6, 6.07) is 89.4. The molecule has 0 atom stereocenters. The maximum atomic E-state index is 6.11. The maximum Gasteiger partial charge on any atom is 0.227 e. The Bertz CT molecular complexity index is 4310. The minimum absolute atomic E-state index is 0.0825. The van der Waals surface area contributed by atoms with Gasteiger partial charge in [-0.1, -0.05) is 198 Å². The van der Waals surface area contributed by atoms with Crippen molar-refractivity contribution in [1.82, 2.24) is 9.55 Å². The molecule has 2 aliphatic carbocycles. The largest absolute Gasteiger partial charge is 0.436 e. The predicted octanol–water partition coefficient (Wildman–Crippen LogP) is 19.5. The van der Waals surface area contributed by atoms with Gasteiger partial charge in [-0.05, 0) is 173 Å². The Kier molecular flexibility index (Phi) is 9.65. The number of rotatable bonds is 7. The lowest BCUT2D eigenvalue weighted by Gasteiger charge is -2.22. The van der Waals surface area contributed by atoms with Gasteiger partial charge in [-0.25, -0.2) is 4.98 Å². The SMILES string of the molecule is CC1(C)c2ccccc2-c2ccc(-c3ccc4c(c3)c3cc(-c5ccc6c(c5)C(C)(C)c5ccccc5-6)ccc3n4-c3ccc(-c4ccccc4-c4ccccc4-c4ccc(-c5nc6ccccc6o5)cc4)cc3)cc21. The number of oxazole rings is 1. The van der Waals surface area contributed by atoms with Gasteiger partial charge in [-0.2, -0.15) is 0 Å². The number of hydrogen-bond donors (Lipinski definition) is 0. The number of para-hydroxylation sites is 2. The van der Waals surface area contributed by atoms with Crippen molar-refractivity contribution in [2.24, 2.45) is 0 Å². The van der Waals surface area contributed by atoms with E-state index in [0.717, 1.165) is 33.5 Å². The summed E-state index contributed by atoms with van der Waals surface area (Å²) in [5.41, 5.74) is 28.8. The van der Waals surface area contributed by atoms with Crippen LogP contribution in [0.25, 0.3) is 128 Å². The Morgan fingerprint density at radius 1 is 0.316 bits per heavy atom. The van der Waals surface area contributed by atoms with Crippen molar-refractivity contribution in [2.75, 3.05) is 0 Å². The second kappa shape index (κ2) is 16.6. The first-order valence-electron chi connectivity index (χ1n) is 26.5. The fraction of sp³-hybridized carbons (Fsp3) is 0.0822. The van der Waals surface area contributed by atoms with Crippen LogP contribution in [-0.4, -0.2) is 9.55 Å². The number of nitrogens with zero attached hydrogens (tertiary/aromatic N) is 2. The normalized spacial score (nSPS) is 13.7. The van der Waals surface area contributed by atoms with E-state index in [4.69, 9.17) is 9.40 Å². The number of benzene rings is 11. The van der Waals surface area contributed by atoms with E-state index in [-0.39, 0.29) is 10.8 Å². The Morgan fingerprint density at radius 2 is 0.697 bits per heavy atom. The first kappa shape index (κ1) is 44.2. The molecule has 0 bridgehead atoms. The maximum absolute atomic E-state index is 6.11. The van der Waals surface area contributed by atoms with Crippen LogP contribution in [0.15, 0.2) is 247 Å². The van der Waals surface area contributed by atoms with E-state index in [1.165, 1.54) is 111 Å². The lowest BCUT2D eigenvalue weighted by molar-refractivity contribution is 0.620. The second-order valence-electron chi connectivity index (χ2n) is 21.9. The molecular formula is C73H52N2O. The molecule has 0 spiro atoms. The van der Waals surface area contributed by atoms with Gasteiger partial charge in [0.15, 0.2) is 5.58 Å². The van der Waals surface area contributed by atoms with Crippen molar-refractivity contribution in [3.8, 4) is 95.0 Å². The lowest BCUT2D eigenvalue weighted by atomic mass is 9.81. The van der Waals surface area contributed by atoms with Crippen molar-refractivity contribution in [3.63, 3.8) is 0 Å². The molecule has 0 amide bonds. The van der Waals surface area contributed by atoms with Gasteiger partial charge in [0.25, 0.3) is 0 Å². The molecule has 3 nitrogen and oxygen atoms in total. The van der Waals surface area contributed by atoms with E-state index >= 15 is 0 Å².